The first-order valence-corrected chi connectivity index (χ1v) is 8.45. The number of nitrogens with one attached hydrogen (secondary N) is 3. The minimum absolute atomic E-state index is 0.0127. The number of carbonyl (C=O) groups excluding carboxylic acids is 1. The molecule has 5 heteroatoms. The van der Waals surface area contributed by atoms with E-state index < -0.39 is 0 Å². The van der Waals surface area contributed by atoms with Crippen LogP contribution in [0.25, 0.3) is 0 Å². The quantitative estimate of drug-likeness (QED) is 0.578. The van der Waals surface area contributed by atoms with Crippen molar-refractivity contribution in [2.24, 2.45) is 10.9 Å². The average Bonchev–Trinajstić information content (AvgIpc) is 3.05. The number of benzene rings is 1. The van der Waals surface area contributed by atoms with Gasteiger partial charge < -0.3 is 16.0 Å². The van der Waals surface area contributed by atoms with Crippen molar-refractivity contribution in [1.82, 2.24) is 10.6 Å². The Bertz CT molecular complexity index is 530. The van der Waals surface area contributed by atoms with Crippen LogP contribution in [0.5, 0.6) is 0 Å². The van der Waals surface area contributed by atoms with E-state index in [0.717, 1.165) is 17.2 Å². The van der Waals surface area contributed by atoms with Gasteiger partial charge in [0.2, 0.25) is 5.91 Å². The second kappa shape index (κ2) is 8.56. The van der Waals surface area contributed by atoms with Gasteiger partial charge in [-0.15, -0.1) is 0 Å². The molecule has 1 fully saturated rings. The van der Waals surface area contributed by atoms with Gasteiger partial charge in [0, 0.05) is 31.2 Å². The van der Waals surface area contributed by atoms with Crippen LogP contribution >= 0.6 is 0 Å². The van der Waals surface area contributed by atoms with E-state index in [1.165, 1.54) is 25.7 Å². The topological polar surface area (TPSA) is 65.5 Å². The maximum absolute atomic E-state index is 11.7. The molecule has 0 aliphatic heterocycles. The third-order valence-electron chi connectivity index (χ3n) is 4.13. The molecule has 0 radical (unpaired) electrons. The lowest BCUT2D eigenvalue weighted by atomic mass is 10.1. The van der Waals surface area contributed by atoms with E-state index in [-0.39, 0.29) is 11.8 Å². The molecule has 1 aromatic rings. The van der Waals surface area contributed by atoms with Crippen LogP contribution in [-0.4, -0.2) is 25.0 Å². The lowest BCUT2D eigenvalue weighted by Gasteiger charge is -2.17. The van der Waals surface area contributed by atoms with Crippen LogP contribution in [0, 0.1) is 5.92 Å². The molecule has 1 saturated carbocycles. The van der Waals surface area contributed by atoms with Gasteiger partial charge in [-0.1, -0.05) is 38.8 Å². The standard InChI is InChI=1S/C18H28N4O/c1-13(2)17(23)21-16-10-8-14(9-11-16)12-20-18(19-3)22-15-6-4-5-7-15/h8-11,13,15H,4-7,12H2,1-3H3,(H,21,23)(H2,19,20,22). The minimum Gasteiger partial charge on any atom is -0.354 e. The van der Waals surface area contributed by atoms with E-state index in [0.29, 0.717) is 12.6 Å². The van der Waals surface area contributed by atoms with Crippen molar-refractivity contribution in [3.8, 4) is 0 Å². The molecule has 1 aliphatic rings. The van der Waals surface area contributed by atoms with Gasteiger partial charge in [-0.3, -0.25) is 9.79 Å². The highest BCUT2D eigenvalue weighted by Crippen LogP contribution is 2.17. The lowest BCUT2D eigenvalue weighted by Crippen LogP contribution is -2.41. The van der Waals surface area contributed by atoms with Crippen LogP contribution in [0.2, 0.25) is 0 Å². The van der Waals surface area contributed by atoms with Crippen molar-refractivity contribution in [1.29, 1.82) is 0 Å². The van der Waals surface area contributed by atoms with Crippen molar-refractivity contribution in [2.75, 3.05) is 12.4 Å². The zero-order valence-corrected chi connectivity index (χ0v) is 14.4. The van der Waals surface area contributed by atoms with Gasteiger partial charge in [-0.05, 0) is 30.5 Å². The molecule has 5 nitrogen and oxygen atoms in total. The Morgan fingerprint density at radius 3 is 2.43 bits per heavy atom. The first-order valence-electron chi connectivity index (χ1n) is 8.45. The number of anilines is 1. The number of guanidine groups is 1. The highest BCUT2D eigenvalue weighted by molar-refractivity contribution is 5.92. The van der Waals surface area contributed by atoms with Crippen LogP contribution < -0.4 is 16.0 Å². The normalized spacial score (nSPS) is 15.7. The van der Waals surface area contributed by atoms with E-state index in [1.807, 2.05) is 38.1 Å². The summed E-state index contributed by atoms with van der Waals surface area (Å²) in [5, 5.41) is 9.71. The Hall–Kier alpha value is -2.04. The van der Waals surface area contributed by atoms with E-state index in [2.05, 4.69) is 20.9 Å². The molecule has 2 rings (SSSR count). The summed E-state index contributed by atoms with van der Waals surface area (Å²) in [6.07, 6.45) is 5.06. The summed E-state index contributed by atoms with van der Waals surface area (Å²) < 4.78 is 0. The molecule has 0 aromatic heterocycles. The molecule has 0 saturated heterocycles. The Morgan fingerprint density at radius 2 is 1.87 bits per heavy atom. The zero-order valence-electron chi connectivity index (χ0n) is 14.4. The molecule has 3 N–H and O–H groups in total. The number of nitrogens with zero attached hydrogens (tertiary/aromatic N) is 1. The van der Waals surface area contributed by atoms with Crippen LogP contribution in [0.3, 0.4) is 0 Å². The highest BCUT2D eigenvalue weighted by Gasteiger charge is 2.15. The van der Waals surface area contributed by atoms with Gasteiger partial charge in [0.1, 0.15) is 0 Å². The Kier molecular flexibility index (Phi) is 6.44. The lowest BCUT2D eigenvalue weighted by molar-refractivity contribution is -0.118. The Labute approximate surface area is 139 Å². The van der Waals surface area contributed by atoms with Crippen molar-refractivity contribution >= 4 is 17.6 Å². The van der Waals surface area contributed by atoms with Crippen molar-refractivity contribution in [3.05, 3.63) is 29.8 Å². The summed E-state index contributed by atoms with van der Waals surface area (Å²) in [5.41, 5.74) is 1.99. The number of aliphatic imine (C=N–C) groups is 1. The second-order valence-electron chi connectivity index (χ2n) is 6.39. The molecular weight excluding hydrogens is 288 g/mol. The minimum atomic E-state index is -0.0127. The predicted octanol–water partition coefficient (Wildman–Crippen LogP) is 2.89. The van der Waals surface area contributed by atoms with E-state index in [1.54, 1.807) is 7.05 Å². The number of hydrogen-bond donors (Lipinski definition) is 3. The molecule has 0 unspecified atom stereocenters. The van der Waals surface area contributed by atoms with Crippen molar-refractivity contribution < 1.29 is 4.79 Å². The van der Waals surface area contributed by atoms with E-state index >= 15 is 0 Å². The summed E-state index contributed by atoms with van der Waals surface area (Å²) in [6, 6.07) is 8.46. The third-order valence-corrected chi connectivity index (χ3v) is 4.13. The van der Waals surface area contributed by atoms with Crippen LogP contribution in [0.15, 0.2) is 29.3 Å². The Morgan fingerprint density at radius 1 is 1.22 bits per heavy atom. The molecule has 1 aliphatic carbocycles. The third kappa shape index (κ3) is 5.58. The van der Waals surface area contributed by atoms with Crippen molar-refractivity contribution in [2.45, 2.75) is 52.1 Å². The number of amides is 1. The molecule has 1 amide bonds. The predicted molar refractivity (Wildman–Crippen MR) is 95.5 cm³/mol. The van der Waals surface area contributed by atoms with Gasteiger partial charge >= 0.3 is 0 Å². The SMILES string of the molecule is CN=C(NCc1ccc(NC(=O)C(C)C)cc1)NC1CCCC1. The maximum Gasteiger partial charge on any atom is 0.226 e. The van der Waals surface area contributed by atoms with Crippen LogP contribution in [0.4, 0.5) is 5.69 Å². The number of rotatable bonds is 5. The maximum atomic E-state index is 11.7. The van der Waals surface area contributed by atoms with Crippen LogP contribution in [-0.2, 0) is 11.3 Å². The average molecular weight is 316 g/mol. The first-order chi connectivity index (χ1) is 11.1. The highest BCUT2D eigenvalue weighted by atomic mass is 16.1. The van der Waals surface area contributed by atoms with Gasteiger partial charge in [0.05, 0.1) is 0 Å². The molecular formula is C18H28N4O. The smallest absolute Gasteiger partial charge is 0.226 e. The second-order valence-corrected chi connectivity index (χ2v) is 6.39. The van der Waals surface area contributed by atoms with E-state index in [9.17, 15) is 4.79 Å². The van der Waals surface area contributed by atoms with Crippen LogP contribution in [0.1, 0.15) is 45.1 Å². The van der Waals surface area contributed by atoms with Gasteiger partial charge in [0.25, 0.3) is 0 Å². The number of carbonyl (C=O) groups is 1. The van der Waals surface area contributed by atoms with Gasteiger partial charge in [0.15, 0.2) is 5.96 Å². The fourth-order valence-corrected chi connectivity index (χ4v) is 2.64. The van der Waals surface area contributed by atoms with E-state index in [4.69, 9.17) is 0 Å². The molecule has 126 valence electrons. The fourth-order valence-electron chi connectivity index (χ4n) is 2.64. The Balaban J connectivity index is 1.81. The molecule has 23 heavy (non-hydrogen) atoms. The molecule has 0 heterocycles. The summed E-state index contributed by atoms with van der Waals surface area (Å²) in [5.74, 6) is 0.882. The summed E-state index contributed by atoms with van der Waals surface area (Å²) >= 11 is 0. The largest absolute Gasteiger partial charge is 0.354 e. The first kappa shape index (κ1) is 17.3. The molecule has 0 atom stereocenters. The van der Waals surface area contributed by atoms with Crippen molar-refractivity contribution in [3.63, 3.8) is 0 Å². The van der Waals surface area contributed by atoms with Gasteiger partial charge in [-0.25, -0.2) is 0 Å². The molecule has 0 bridgehead atoms. The monoisotopic (exact) mass is 316 g/mol. The fraction of sp³-hybridized carbons (Fsp3) is 0.556. The summed E-state index contributed by atoms with van der Waals surface area (Å²) in [7, 11) is 1.80. The zero-order chi connectivity index (χ0) is 16.7. The van der Waals surface area contributed by atoms with Gasteiger partial charge in [-0.2, -0.15) is 0 Å². The molecule has 0 spiro atoms. The summed E-state index contributed by atoms with van der Waals surface area (Å²) in [6.45, 7) is 4.48. The summed E-state index contributed by atoms with van der Waals surface area (Å²) in [4.78, 5) is 15.9. The molecule has 1 aromatic carbocycles. The number of hydrogen-bond acceptors (Lipinski definition) is 2.